The number of hydrogen-bond acceptors (Lipinski definition) is 4. The molecule has 32 heavy (non-hydrogen) atoms. The van der Waals surface area contributed by atoms with Gasteiger partial charge in [-0.15, -0.1) is 0 Å². The van der Waals surface area contributed by atoms with Gasteiger partial charge in [-0.05, 0) is 79.3 Å². The van der Waals surface area contributed by atoms with Crippen molar-refractivity contribution in [1.29, 1.82) is 0 Å². The van der Waals surface area contributed by atoms with Crippen LogP contribution < -0.4 is 20.3 Å². The molecule has 0 spiro atoms. The van der Waals surface area contributed by atoms with Crippen molar-refractivity contribution in [3.63, 3.8) is 0 Å². The van der Waals surface area contributed by atoms with Crippen molar-refractivity contribution in [1.82, 2.24) is 5.32 Å². The molecule has 164 valence electrons. The highest BCUT2D eigenvalue weighted by molar-refractivity contribution is 7.80. The Labute approximate surface area is 193 Å². The Morgan fingerprint density at radius 2 is 1.53 bits per heavy atom. The van der Waals surface area contributed by atoms with Gasteiger partial charge in [0.25, 0.3) is 11.8 Å². The van der Waals surface area contributed by atoms with Crippen LogP contribution in [-0.2, 0) is 0 Å². The number of ether oxygens (including phenoxy) is 1. The smallest absolute Gasteiger partial charge is 0.258 e. The largest absolute Gasteiger partial charge is 0.494 e. The number of benzene rings is 3. The summed E-state index contributed by atoms with van der Waals surface area (Å²) in [5, 5.41) is 5.78. The lowest BCUT2D eigenvalue weighted by molar-refractivity contribution is 0.0974. The maximum atomic E-state index is 12.7. The minimum absolute atomic E-state index is 0.120. The first kappa shape index (κ1) is 23.0. The van der Waals surface area contributed by atoms with Crippen LogP contribution in [0.15, 0.2) is 78.9 Å². The van der Waals surface area contributed by atoms with Gasteiger partial charge in [0.15, 0.2) is 5.11 Å². The molecule has 7 heteroatoms. The molecule has 0 aliphatic carbocycles. The number of nitrogens with one attached hydrogen (secondary N) is 2. The Kier molecular flexibility index (Phi) is 7.94. The zero-order chi connectivity index (χ0) is 22.9. The molecule has 0 heterocycles. The highest BCUT2D eigenvalue weighted by Crippen LogP contribution is 2.17. The lowest BCUT2D eigenvalue weighted by atomic mass is 10.1. The Morgan fingerprint density at radius 1 is 0.906 bits per heavy atom. The first-order valence-corrected chi connectivity index (χ1v) is 10.7. The van der Waals surface area contributed by atoms with E-state index >= 15 is 0 Å². The van der Waals surface area contributed by atoms with Crippen LogP contribution >= 0.6 is 12.2 Å². The highest BCUT2D eigenvalue weighted by atomic mass is 32.1. The van der Waals surface area contributed by atoms with Crippen LogP contribution in [0.2, 0.25) is 0 Å². The van der Waals surface area contributed by atoms with Crippen LogP contribution in [0.1, 0.15) is 34.1 Å². The van der Waals surface area contributed by atoms with Crippen molar-refractivity contribution in [2.24, 2.45) is 0 Å². The minimum Gasteiger partial charge on any atom is -0.494 e. The lowest BCUT2D eigenvalue weighted by Crippen LogP contribution is -2.34. The fraction of sp³-hybridized carbons (Fsp3) is 0.160. The summed E-state index contributed by atoms with van der Waals surface area (Å²) in [5.74, 6) is 0.280. The molecule has 0 radical (unpaired) electrons. The van der Waals surface area contributed by atoms with Gasteiger partial charge in [-0.1, -0.05) is 25.1 Å². The van der Waals surface area contributed by atoms with E-state index in [0.717, 1.165) is 17.9 Å². The predicted octanol–water partition coefficient (Wildman–Crippen LogP) is 4.88. The summed E-state index contributed by atoms with van der Waals surface area (Å²) in [7, 11) is 1.73. The van der Waals surface area contributed by atoms with Crippen LogP contribution in [0.4, 0.5) is 11.4 Å². The van der Waals surface area contributed by atoms with Gasteiger partial charge in [-0.2, -0.15) is 0 Å². The zero-order valence-electron chi connectivity index (χ0n) is 18.0. The van der Waals surface area contributed by atoms with Crippen LogP contribution in [0.3, 0.4) is 0 Å². The lowest BCUT2D eigenvalue weighted by Gasteiger charge is -2.17. The van der Waals surface area contributed by atoms with Gasteiger partial charge in [0, 0.05) is 29.5 Å². The Hall–Kier alpha value is -3.71. The molecule has 0 fully saturated rings. The maximum Gasteiger partial charge on any atom is 0.258 e. The number of nitrogens with zero attached hydrogens (tertiary/aromatic N) is 1. The molecule has 0 bridgehead atoms. The van der Waals surface area contributed by atoms with E-state index in [1.165, 1.54) is 0 Å². The van der Waals surface area contributed by atoms with Crippen LogP contribution in [0.5, 0.6) is 5.75 Å². The van der Waals surface area contributed by atoms with Crippen LogP contribution in [-0.4, -0.2) is 30.6 Å². The fourth-order valence-corrected chi connectivity index (χ4v) is 3.13. The molecule has 2 amide bonds. The molecule has 3 rings (SSSR count). The summed E-state index contributed by atoms with van der Waals surface area (Å²) in [4.78, 5) is 26.7. The number of para-hydroxylation sites is 1. The topological polar surface area (TPSA) is 70.7 Å². The molecule has 3 aromatic carbocycles. The second kappa shape index (κ2) is 11.1. The third-order valence-electron chi connectivity index (χ3n) is 4.65. The molecule has 6 nitrogen and oxygen atoms in total. The maximum absolute atomic E-state index is 12.7. The van der Waals surface area contributed by atoms with E-state index in [1.807, 2.05) is 37.3 Å². The molecule has 3 aromatic rings. The van der Waals surface area contributed by atoms with E-state index in [9.17, 15) is 9.59 Å². The molecular weight excluding hydrogens is 422 g/mol. The van der Waals surface area contributed by atoms with Gasteiger partial charge >= 0.3 is 0 Å². The zero-order valence-corrected chi connectivity index (χ0v) is 18.8. The van der Waals surface area contributed by atoms with Gasteiger partial charge in [0.05, 0.1) is 6.61 Å². The summed E-state index contributed by atoms with van der Waals surface area (Å²) in [6, 6.07) is 23.2. The number of rotatable bonds is 7. The molecular formula is C25H25N3O3S. The van der Waals surface area contributed by atoms with E-state index in [0.29, 0.717) is 23.4 Å². The number of carbonyl (C=O) groups is 2. The van der Waals surface area contributed by atoms with Crippen molar-refractivity contribution in [3.8, 4) is 5.75 Å². The third kappa shape index (κ3) is 6.15. The van der Waals surface area contributed by atoms with E-state index < -0.39 is 0 Å². The van der Waals surface area contributed by atoms with E-state index in [-0.39, 0.29) is 16.9 Å². The molecule has 0 saturated heterocycles. The van der Waals surface area contributed by atoms with Crippen molar-refractivity contribution < 1.29 is 14.3 Å². The molecule has 0 aromatic heterocycles. The number of carbonyl (C=O) groups excluding carboxylic acids is 2. The molecule has 0 unspecified atom stereocenters. The summed E-state index contributed by atoms with van der Waals surface area (Å²) in [6.45, 7) is 2.66. The quantitative estimate of drug-likeness (QED) is 0.505. The molecule has 0 saturated carbocycles. The van der Waals surface area contributed by atoms with Gasteiger partial charge in [-0.25, -0.2) is 0 Å². The van der Waals surface area contributed by atoms with E-state index in [2.05, 4.69) is 10.6 Å². The fourth-order valence-electron chi connectivity index (χ4n) is 2.92. The second-order valence-corrected chi connectivity index (χ2v) is 7.47. The number of anilines is 2. The molecule has 2 N–H and O–H groups in total. The van der Waals surface area contributed by atoms with Crippen LogP contribution in [0.25, 0.3) is 0 Å². The summed E-state index contributed by atoms with van der Waals surface area (Å²) < 4.78 is 5.52. The highest BCUT2D eigenvalue weighted by Gasteiger charge is 2.13. The number of hydrogen-bond donors (Lipinski definition) is 2. The van der Waals surface area contributed by atoms with Gasteiger partial charge in [0.2, 0.25) is 0 Å². The van der Waals surface area contributed by atoms with E-state index in [1.54, 1.807) is 60.5 Å². The third-order valence-corrected chi connectivity index (χ3v) is 4.86. The number of amides is 2. The first-order chi connectivity index (χ1) is 15.5. The van der Waals surface area contributed by atoms with Crippen molar-refractivity contribution in [2.75, 3.05) is 23.9 Å². The Bertz CT molecular complexity index is 1070. The average Bonchev–Trinajstić information content (AvgIpc) is 2.83. The summed E-state index contributed by atoms with van der Waals surface area (Å²) in [6.07, 6.45) is 0.918. The van der Waals surface area contributed by atoms with E-state index in [4.69, 9.17) is 17.0 Å². The van der Waals surface area contributed by atoms with Crippen LogP contribution in [0, 0.1) is 0 Å². The second-order valence-electron chi connectivity index (χ2n) is 7.06. The molecule has 0 atom stereocenters. The van der Waals surface area contributed by atoms with Gasteiger partial charge in [0.1, 0.15) is 5.75 Å². The van der Waals surface area contributed by atoms with Gasteiger partial charge < -0.3 is 15.0 Å². The Balaban J connectivity index is 1.55. The molecule has 0 aliphatic heterocycles. The molecule has 0 aliphatic rings. The first-order valence-electron chi connectivity index (χ1n) is 10.3. The minimum atomic E-state index is -0.319. The standard InChI is InChI=1S/C25H25N3O3S/c1-3-17-31-22-15-11-18(12-16-22)23(29)27-25(32)26-20-13-9-19(10-14-20)24(30)28(2)21-7-5-4-6-8-21/h4-16H,3,17H2,1-2H3,(H2,26,27,29,32). The van der Waals surface area contributed by atoms with Gasteiger partial charge in [-0.3, -0.25) is 14.9 Å². The number of thiocarbonyl (C=S) groups is 1. The SMILES string of the molecule is CCCOc1ccc(C(=O)NC(=S)Nc2ccc(C(=O)N(C)c3ccccc3)cc2)cc1. The summed E-state index contributed by atoms with van der Waals surface area (Å²) in [5.41, 5.74) is 2.50. The summed E-state index contributed by atoms with van der Waals surface area (Å²) >= 11 is 5.24. The normalized spacial score (nSPS) is 10.2. The monoisotopic (exact) mass is 447 g/mol. The van der Waals surface area contributed by atoms with Crippen molar-refractivity contribution in [3.05, 3.63) is 90.0 Å². The van der Waals surface area contributed by atoms with Crippen molar-refractivity contribution >= 4 is 40.5 Å². The average molecular weight is 448 g/mol. The van der Waals surface area contributed by atoms with Crippen molar-refractivity contribution in [2.45, 2.75) is 13.3 Å². The Morgan fingerprint density at radius 3 is 2.16 bits per heavy atom. The predicted molar refractivity (Wildman–Crippen MR) is 132 cm³/mol.